The van der Waals surface area contributed by atoms with Gasteiger partial charge in [-0.3, -0.25) is 14.9 Å². The highest BCUT2D eigenvalue weighted by Crippen LogP contribution is 2.32. The minimum absolute atomic E-state index is 0.197. The Balaban J connectivity index is 1.78. The number of aliphatic hydroxyl groups is 1. The number of piperidine rings is 2. The van der Waals surface area contributed by atoms with Gasteiger partial charge in [0.15, 0.2) is 0 Å². The smallest absolute Gasteiger partial charge is 0.234 e. The summed E-state index contributed by atoms with van der Waals surface area (Å²) in [6.45, 7) is 1.62. The van der Waals surface area contributed by atoms with Gasteiger partial charge in [-0.1, -0.05) is 24.3 Å². The van der Waals surface area contributed by atoms with Crippen LogP contribution < -0.4 is 10.6 Å². The van der Waals surface area contributed by atoms with E-state index in [1.54, 1.807) is 0 Å². The molecule has 0 aromatic heterocycles. The first-order valence-corrected chi connectivity index (χ1v) is 7.46. The maximum Gasteiger partial charge on any atom is 0.234 e. The Labute approximate surface area is 123 Å². The first kappa shape index (κ1) is 14.2. The number of imide groups is 1. The van der Waals surface area contributed by atoms with Gasteiger partial charge in [-0.05, 0) is 43.5 Å². The molecule has 1 atom stereocenters. The van der Waals surface area contributed by atoms with Crippen molar-refractivity contribution in [1.29, 1.82) is 0 Å². The van der Waals surface area contributed by atoms with Gasteiger partial charge in [-0.2, -0.15) is 0 Å². The fourth-order valence-corrected chi connectivity index (χ4v) is 3.17. The Morgan fingerprint density at radius 2 is 1.76 bits per heavy atom. The molecule has 2 heterocycles. The van der Waals surface area contributed by atoms with E-state index in [0.717, 1.165) is 24.2 Å². The van der Waals surface area contributed by atoms with E-state index in [9.17, 15) is 14.7 Å². The third kappa shape index (κ3) is 2.84. The van der Waals surface area contributed by atoms with Crippen LogP contribution in [0.1, 0.15) is 42.7 Å². The number of amides is 2. The quantitative estimate of drug-likeness (QED) is 0.703. The lowest BCUT2D eigenvalue weighted by atomic mass is 9.83. The van der Waals surface area contributed by atoms with Crippen molar-refractivity contribution in [2.75, 3.05) is 13.1 Å². The van der Waals surface area contributed by atoms with Crippen LogP contribution >= 0.6 is 0 Å². The van der Waals surface area contributed by atoms with Gasteiger partial charge in [0.05, 0.1) is 11.5 Å². The van der Waals surface area contributed by atoms with Crippen LogP contribution in [0, 0.1) is 0 Å². The van der Waals surface area contributed by atoms with Crippen molar-refractivity contribution in [3.63, 3.8) is 0 Å². The summed E-state index contributed by atoms with van der Waals surface area (Å²) in [5, 5.41) is 16.3. The zero-order chi connectivity index (χ0) is 14.9. The second kappa shape index (κ2) is 5.58. The van der Waals surface area contributed by atoms with Gasteiger partial charge in [0.1, 0.15) is 0 Å². The summed E-state index contributed by atoms with van der Waals surface area (Å²) in [6.07, 6.45) is 2.33. The summed E-state index contributed by atoms with van der Waals surface area (Å²) < 4.78 is 0. The van der Waals surface area contributed by atoms with E-state index in [4.69, 9.17) is 0 Å². The molecule has 1 aromatic rings. The third-order valence-corrected chi connectivity index (χ3v) is 4.52. The molecule has 5 nitrogen and oxygen atoms in total. The van der Waals surface area contributed by atoms with Crippen LogP contribution in [-0.4, -0.2) is 30.0 Å². The second-order valence-electron chi connectivity index (χ2n) is 5.91. The number of benzene rings is 1. The molecule has 1 aromatic carbocycles. The molecule has 2 aliphatic rings. The highest BCUT2D eigenvalue weighted by molar-refractivity contribution is 6.00. The van der Waals surface area contributed by atoms with Crippen LogP contribution in [0.25, 0.3) is 0 Å². The van der Waals surface area contributed by atoms with Crippen molar-refractivity contribution in [2.24, 2.45) is 0 Å². The van der Waals surface area contributed by atoms with Gasteiger partial charge in [0.25, 0.3) is 0 Å². The molecular weight excluding hydrogens is 268 g/mol. The van der Waals surface area contributed by atoms with Gasteiger partial charge in [0.2, 0.25) is 11.8 Å². The minimum atomic E-state index is -0.769. The average molecular weight is 288 g/mol. The molecule has 3 N–H and O–H groups in total. The van der Waals surface area contributed by atoms with Crippen LogP contribution in [0.2, 0.25) is 0 Å². The van der Waals surface area contributed by atoms with E-state index in [1.807, 2.05) is 24.3 Å². The van der Waals surface area contributed by atoms with Crippen molar-refractivity contribution in [3.8, 4) is 0 Å². The number of hydrogen-bond acceptors (Lipinski definition) is 4. The molecule has 0 aliphatic carbocycles. The second-order valence-corrected chi connectivity index (χ2v) is 5.91. The van der Waals surface area contributed by atoms with Crippen LogP contribution in [0.15, 0.2) is 24.3 Å². The normalized spacial score (nSPS) is 25.5. The fourth-order valence-electron chi connectivity index (χ4n) is 3.17. The van der Waals surface area contributed by atoms with E-state index in [-0.39, 0.29) is 17.7 Å². The number of nitrogens with one attached hydrogen (secondary N) is 2. The Hall–Kier alpha value is -1.72. The largest absolute Gasteiger partial charge is 0.385 e. The summed E-state index contributed by atoms with van der Waals surface area (Å²) in [6, 6.07) is 7.61. The van der Waals surface area contributed by atoms with Gasteiger partial charge in [-0.15, -0.1) is 0 Å². The Bertz CT molecular complexity index is 547. The molecule has 0 saturated carbocycles. The molecule has 21 heavy (non-hydrogen) atoms. The van der Waals surface area contributed by atoms with Gasteiger partial charge in [-0.25, -0.2) is 0 Å². The first-order chi connectivity index (χ1) is 10.1. The standard InChI is InChI=1S/C16H20N2O3/c19-14-6-5-13(15(20)18-14)11-1-3-12(4-2-11)16(21)7-9-17-10-8-16/h1-4,13,17,21H,5-10H2,(H,18,19,20). The highest BCUT2D eigenvalue weighted by atomic mass is 16.3. The summed E-state index contributed by atoms with van der Waals surface area (Å²) in [5.41, 5.74) is 1.04. The molecule has 112 valence electrons. The molecule has 2 amide bonds. The van der Waals surface area contributed by atoms with Gasteiger partial charge < -0.3 is 10.4 Å². The lowest BCUT2D eigenvalue weighted by molar-refractivity contribution is -0.134. The van der Waals surface area contributed by atoms with Crippen molar-refractivity contribution < 1.29 is 14.7 Å². The van der Waals surface area contributed by atoms with Crippen molar-refractivity contribution in [1.82, 2.24) is 10.6 Å². The molecule has 0 bridgehead atoms. The van der Waals surface area contributed by atoms with E-state index >= 15 is 0 Å². The Morgan fingerprint density at radius 1 is 1.10 bits per heavy atom. The summed E-state index contributed by atoms with van der Waals surface area (Å²) >= 11 is 0. The Kier molecular flexibility index (Phi) is 3.78. The zero-order valence-corrected chi connectivity index (χ0v) is 11.9. The predicted octanol–water partition coefficient (Wildman–Crippen LogP) is 0.778. The average Bonchev–Trinajstić information content (AvgIpc) is 2.48. The van der Waals surface area contributed by atoms with Gasteiger partial charge >= 0.3 is 0 Å². The SMILES string of the molecule is O=C1CCC(c2ccc(C3(O)CCNCC3)cc2)C(=O)N1. The van der Waals surface area contributed by atoms with Crippen LogP contribution in [0.5, 0.6) is 0 Å². The summed E-state index contributed by atoms with van der Waals surface area (Å²) in [4.78, 5) is 23.0. The van der Waals surface area contributed by atoms with E-state index in [2.05, 4.69) is 10.6 Å². The van der Waals surface area contributed by atoms with E-state index in [0.29, 0.717) is 25.7 Å². The molecule has 0 radical (unpaired) electrons. The number of carbonyl (C=O) groups excluding carboxylic acids is 2. The third-order valence-electron chi connectivity index (χ3n) is 4.52. The molecular formula is C16H20N2O3. The number of hydrogen-bond donors (Lipinski definition) is 3. The number of rotatable bonds is 2. The molecule has 3 rings (SSSR count). The Morgan fingerprint density at radius 3 is 2.38 bits per heavy atom. The van der Waals surface area contributed by atoms with Crippen molar-refractivity contribution in [2.45, 2.75) is 37.2 Å². The van der Waals surface area contributed by atoms with Gasteiger partial charge in [0, 0.05) is 6.42 Å². The molecule has 0 spiro atoms. The van der Waals surface area contributed by atoms with Crippen molar-refractivity contribution >= 4 is 11.8 Å². The van der Waals surface area contributed by atoms with Crippen molar-refractivity contribution in [3.05, 3.63) is 35.4 Å². The fraction of sp³-hybridized carbons (Fsp3) is 0.500. The van der Waals surface area contributed by atoms with E-state index < -0.39 is 5.60 Å². The monoisotopic (exact) mass is 288 g/mol. The highest BCUT2D eigenvalue weighted by Gasteiger charge is 2.32. The first-order valence-electron chi connectivity index (χ1n) is 7.46. The number of carbonyl (C=O) groups is 2. The maximum absolute atomic E-state index is 11.9. The molecule has 1 unspecified atom stereocenters. The molecule has 5 heteroatoms. The molecule has 2 aliphatic heterocycles. The minimum Gasteiger partial charge on any atom is -0.385 e. The van der Waals surface area contributed by atoms with Crippen LogP contribution in [0.4, 0.5) is 0 Å². The lowest BCUT2D eigenvalue weighted by Gasteiger charge is -2.33. The predicted molar refractivity (Wildman–Crippen MR) is 77.6 cm³/mol. The van der Waals surface area contributed by atoms with Crippen LogP contribution in [0.3, 0.4) is 0 Å². The topological polar surface area (TPSA) is 78.4 Å². The summed E-state index contributed by atoms with van der Waals surface area (Å²) in [7, 11) is 0. The van der Waals surface area contributed by atoms with E-state index in [1.165, 1.54) is 0 Å². The molecule has 2 saturated heterocycles. The summed E-state index contributed by atoms with van der Waals surface area (Å²) in [5.74, 6) is -0.684. The van der Waals surface area contributed by atoms with Crippen LogP contribution in [-0.2, 0) is 15.2 Å². The maximum atomic E-state index is 11.9. The molecule has 2 fully saturated rings. The zero-order valence-electron chi connectivity index (χ0n) is 11.9. The lowest BCUT2D eigenvalue weighted by Crippen LogP contribution is -2.40.